The monoisotopic (exact) mass is 485 g/mol. The van der Waals surface area contributed by atoms with E-state index in [9.17, 15) is 4.79 Å². The van der Waals surface area contributed by atoms with Gasteiger partial charge in [-0.15, -0.1) is 0 Å². The fourth-order valence-electron chi connectivity index (χ4n) is 2.95. The summed E-state index contributed by atoms with van der Waals surface area (Å²) in [7, 11) is 0. The molecule has 0 unspecified atom stereocenters. The van der Waals surface area contributed by atoms with Crippen LogP contribution in [0, 0.1) is 5.41 Å². The average molecular weight is 486 g/mol. The first-order chi connectivity index (χ1) is 14.7. The molecule has 0 amide bonds. The quantitative estimate of drug-likeness (QED) is 0.418. The van der Waals surface area contributed by atoms with Crippen molar-refractivity contribution in [2.24, 2.45) is 10.5 Å². The molecule has 0 saturated heterocycles. The van der Waals surface area contributed by atoms with Gasteiger partial charge in [-0.3, -0.25) is 4.79 Å². The van der Waals surface area contributed by atoms with Gasteiger partial charge >= 0.3 is 0 Å². The summed E-state index contributed by atoms with van der Waals surface area (Å²) in [6, 6.07) is 11.1. The molecule has 0 radical (unpaired) electrons. The molecule has 1 heterocycles. The van der Waals surface area contributed by atoms with Crippen LogP contribution in [-0.4, -0.2) is 29.1 Å². The SMILES string of the molecule is CCOc1cc(C=Nn2c(CC)nc3ccc(Br)cc3c2=O)ccc1OCC(C)(C)C. The number of aryl methyl sites for hydroxylation is 1. The summed E-state index contributed by atoms with van der Waals surface area (Å²) in [6.07, 6.45) is 2.23. The lowest BCUT2D eigenvalue weighted by Gasteiger charge is -2.20. The van der Waals surface area contributed by atoms with Crippen LogP contribution in [-0.2, 0) is 6.42 Å². The zero-order chi connectivity index (χ0) is 22.6. The summed E-state index contributed by atoms with van der Waals surface area (Å²) in [4.78, 5) is 17.6. The van der Waals surface area contributed by atoms with E-state index in [0.717, 1.165) is 10.0 Å². The highest BCUT2D eigenvalue weighted by Gasteiger charge is 2.14. The molecule has 7 heteroatoms. The van der Waals surface area contributed by atoms with Crippen LogP contribution in [0.25, 0.3) is 10.9 Å². The molecule has 2 aromatic carbocycles. The Hall–Kier alpha value is -2.67. The second-order valence-corrected chi connectivity index (χ2v) is 9.31. The molecule has 0 aliphatic carbocycles. The summed E-state index contributed by atoms with van der Waals surface area (Å²) < 4.78 is 13.9. The minimum absolute atomic E-state index is 0.0411. The third kappa shape index (κ3) is 5.73. The molecule has 1 aromatic heterocycles. The summed E-state index contributed by atoms with van der Waals surface area (Å²) in [5.41, 5.74) is 1.30. The summed E-state index contributed by atoms with van der Waals surface area (Å²) in [5, 5.41) is 4.97. The minimum Gasteiger partial charge on any atom is -0.490 e. The van der Waals surface area contributed by atoms with Gasteiger partial charge in [0, 0.05) is 10.9 Å². The maximum absolute atomic E-state index is 13.0. The van der Waals surface area contributed by atoms with E-state index >= 15 is 0 Å². The standard InChI is InChI=1S/C24H28BrN3O3/c1-6-22-27-19-10-9-17(25)13-18(19)23(29)28(22)26-14-16-8-11-20(21(12-16)30-7-2)31-15-24(3,4)5/h8-14H,6-7,15H2,1-5H3. The second-order valence-electron chi connectivity index (χ2n) is 8.39. The third-order valence-corrected chi connectivity index (χ3v) is 4.94. The number of ether oxygens (including phenoxy) is 2. The third-order valence-electron chi connectivity index (χ3n) is 4.44. The van der Waals surface area contributed by atoms with Crippen molar-refractivity contribution in [3.63, 3.8) is 0 Å². The van der Waals surface area contributed by atoms with E-state index in [1.54, 1.807) is 12.3 Å². The van der Waals surface area contributed by atoms with Crippen molar-refractivity contribution in [3.8, 4) is 11.5 Å². The van der Waals surface area contributed by atoms with Crippen LogP contribution in [0.5, 0.6) is 11.5 Å². The van der Waals surface area contributed by atoms with E-state index in [1.807, 2.05) is 44.2 Å². The average Bonchev–Trinajstić information content (AvgIpc) is 2.72. The molecule has 164 valence electrons. The zero-order valence-electron chi connectivity index (χ0n) is 18.6. The summed E-state index contributed by atoms with van der Waals surface area (Å²) in [6.45, 7) is 11.3. The predicted molar refractivity (Wildman–Crippen MR) is 129 cm³/mol. The van der Waals surface area contributed by atoms with Crippen molar-refractivity contribution in [1.82, 2.24) is 9.66 Å². The normalized spacial score (nSPS) is 11.9. The first kappa shape index (κ1) is 23.0. The lowest BCUT2D eigenvalue weighted by molar-refractivity contribution is 0.188. The Morgan fingerprint density at radius 1 is 1.10 bits per heavy atom. The molecule has 3 aromatic rings. The smallest absolute Gasteiger partial charge is 0.282 e. The minimum atomic E-state index is -0.199. The Kier molecular flexibility index (Phi) is 7.15. The van der Waals surface area contributed by atoms with Crippen LogP contribution in [0.3, 0.4) is 0 Å². The molecule has 6 nitrogen and oxygen atoms in total. The first-order valence-corrected chi connectivity index (χ1v) is 11.2. The van der Waals surface area contributed by atoms with Crippen LogP contribution < -0.4 is 15.0 Å². The highest BCUT2D eigenvalue weighted by atomic mass is 79.9. The molecule has 31 heavy (non-hydrogen) atoms. The van der Waals surface area contributed by atoms with Crippen LogP contribution in [0.4, 0.5) is 0 Å². The number of fused-ring (bicyclic) bond motifs is 1. The van der Waals surface area contributed by atoms with E-state index in [4.69, 9.17) is 9.47 Å². The van der Waals surface area contributed by atoms with Crippen LogP contribution in [0.15, 0.2) is 50.8 Å². The number of nitrogens with zero attached hydrogens (tertiary/aromatic N) is 3. The van der Waals surface area contributed by atoms with Crippen molar-refractivity contribution < 1.29 is 9.47 Å². The Bertz CT molecular complexity index is 1160. The Labute approximate surface area is 191 Å². The maximum atomic E-state index is 13.0. The van der Waals surface area contributed by atoms with Crippen molar-refractivity contribution in [3.05, 3.63) is 62.6 Å². The zero-order valence-corrected chi connectivity index (χ0v) is 20.2. The maximum Gasteiger partial charge on any atom is 0.282 e. The van der Waals surface area contributed by atoms with Crippen LogP contribution in [0.1, 0.15) is 46.0 Å². The lowest BCUT2D eigenvalue weighted by Crippen LogP contribution is -2.22. The number of hydrogen-bond donors (Lipinski definition) is 0. The molecule has 0 atom stereocenters. The number of aromatic nitrogens is 2. The van der Waals surface area contributed by atoms with Crippen LogP contribution >= 0.6 is 15.9 Å². The highest BCUT2D eigenvalue weighted by Crippen LogP contribution is 2.29. The Morgan fingerprint density at radius 2 is 1.87 bits per heavy atom. The predicted octanol–water partition coefficient (Wildman–Crippen LogP) is 5.43. The number of benzene rings is 2. The molecular weight excluding hydrogens is 458 g/mol. The van der Waals surface area contributed by atoms with E-state index in [1.165, 1.54) is 4.68 Å². The van der Waals surface area contributed by atoms with E-state index in [2.05, 4.69) is 46.8 Å². The molecule has 0 aliphatic heterocycles. The van der Waals surface area contributed by atoms with Crippen molar-refractivity contribution in [1.29, 1.82) is 0 Å². The molecule has 3 rings (SSSR count). The molecule has 0 bridgehead atoms. The van der Waals surface area contributed by atoms with Crippen molar-refractivity contribution in [2.75, 3.05) is 13.2 Å². The van der Waals surface area contributed by atoms with Gasteiger partial charge in [-0.05, 0) is 54.3 Å². The second kappa shape index (κ2) is 9.64. The molecule has 0 N–H and O–H groups in total. The fourth-order valence-corrected chi connectivity index (χ4v) is 3.31. The van der Waals surface area contributed by atoms with Gasteiger partial charge in [0.2, 0.25) is 0 Å². The molecule has 0 saturated carbocycles. The summed E-state index contributed by atoms with van der Waals surface area (Å²) >= 11 is 3.42. The molecule has 0 aliphatic rings. The largest absolute Gasteiger partial charge is 0.490 e. The number of rotatable bonds is 7. The van der Waals surface area contributed by atoms with Gasteiger partial charge in [0.1, 0.15) is 5.82 Å². The molecule has 0 fully saturated rings. The van der Waals surface area contributed by atoms with E-state index < -0.39 is 0 Å². The van der Waals surface area contributed by atoms with Gasteiger partial charge in [-0.1, -0.05) is 43.6 Å². The first-order valence-electron chi connectivity index (χ1n) is 10.4. The van der Waals surface area contributed by atoms with Gasteiger partial charge in [0.05, 0.1) is 30.3 Å². The fraction of sp³-hybridized carbons (Fsp3) is 0.375. The number of hydrogen-bond acceptors (Lipinski definition) is 5. The molecule has 0 spiro atoms. The van der Waals surface area contributed by atoms with Gasteiger partial charge in [0.15, 0.2) is 11.5 Å². The lowest BCUT2D eigenvalue weighted by atomic mass is 9.99. The van der Waals surface area contributed by atoms with Gasteiger partial charge in [-0.2, -0.15) is 9.78 Å². The van der Waals surface area contributed by atoms with Gasteiger partial charge < -0.3 is 9.47 Å². The van der Waals surface area contributed by atoms with E-state index in [0.29, 0.717) is 47.9 Å². The Morgan fingerprint density at radius 3 is 2.55 bits per heavy atom. The highest BCUT2D eigenvalue weighted by molar-refractivity contribution is 9.10. The topological polar surface area (TPSA) is 65.7 Å². The number of halogens is 1. The van der Waals surface area contributed by atoms with E-state index in [-0.39, 0.29) is 11.0 Å². The summed E-state index contributed by atoms with van der Waals surface area (Å²) in [5.74, 6) is 1.95. The molecular formula is C24H28BrN3O3. The van der Waals surface area contributed by atoms with Gasteiger partial charge in [-0.25, -0.2) is 4.98 Å². The van der Waals surface area contributed by atoms with Crippen LogP contribution in [0.2, 0.25) is 0 Å². The van der Waals surface area contributed by atoms with Crippen molar-refractivity contribution >= 4 is 33.0 Å². The van der Waals surface area contributed by atoms with Crippen molar-refractivity contribution in [2.45, 2.75) is 41.0 Å². The van der Waals surface area contributed by atoms with Gasteiger partial charge in [0.25, 0.3) is 5.56 Å². The Balaban J connectivity index is 1.97.